The number of nitrogens with one attached hydrogen (secondary N) is 1. The first kappa shape index (κ1) is 23.3. The van der Waals surface area contributed by atoms with Crippen molar-refractivity contribution >= 4 is 0 Å². The summed E-state index contributed by atoms with van der Waals surface area (Å²) in [7, 11) is 0. The third-order valence-corrected chi connectivity index (χ3v) is 10.2. The van der Waals surface area contributed by atoms with E-state index in [9.17, 15) is 0 Å². The Morgan fingerprint density at radius 3 is 2.75 bits per heavy atom. The largest absolute Gasteiger partial charge is 0.378 e. The van der Waals surface area contributed by atoms with E-state index in [0.29, 0.717) is 18.1 Å². The summed E-state index contributed by atoms with van der Waals surface area (Å²) in [6, 6.07) is 15.2. The number of pyridine rings is 1. The van der Waals surface area contributed by atoms with Crippen LogP contribution in [-0.4, -0.2) is 54.4 Å². The van der Waals surface area contributed by atoms with E-state index in [1.807, 2.05) is 6.20 Å². The van der Waals surface area contributed by atoms with Crippen molar-refractivity contribution in [2.45, 2.75) is 93.3 Å². The maximum absolute atomic E-state index is 6.47. The van der Waals surface area contributed by atoms with Crippen LogP contribution in [0.5, 0.6) is 0 Å². The molecule has 2 unspecified atom stereocenters. The lowest BCUT2D eigenvalue weighted by Crippen LogP contribution is -2.53. The highest BCUT2D eigenvalue weighted by Crippen LogP contribution is 2.50. The quantitative estimate of drug-likeness (QED) is 0.603. The molecule has 5 aliphatic rings. The molecule has 0 bridgehead atoms. The minimum absolute atomic E-state index is 0.0844. The van der Waals surface area contributed by atoms with E-state index < -0.39 is 0 Å². The molecule has 3 aliphatic heterocycles. The minimum Gasteiger partial charge on any atom is -0.378 e. The van der Waals surface area contributed by atoms with Gasteiger partial charge in [0, 0.05) is 42.5 Å². The van der Waals surface area contributed by atoms with Gasteiger partial charge in [0.2, 0.25) is 0 Å². The van der Waals surface area contributed by atoms with E-state index >= 15 is 0 Å². The van der Waals surface area contributed by atoms with Gasteiger partial charge in [0.1, 0.15) is 0 Å². The van der Waals surface area contributed by atoms with Gasteiger partial charge in [-0.15, -0.1) is 0 Å². The molecule has 1 aromatic carbocycles. The standard InChI is InChI=1S/C31H41N3O2/c1-4-16-33-28(8-1)30(15-19-36-31(22-30)12-2-3-13-31)14-17-32-26-9-10-27-29-23(6-5-7-25(26)29)11-18-34(27)24-20-35-21-24/h1,4-8,16,24,26-27,32H,2-3,9-15,17-22H2/t26?,27?,30-/m1/s1. The molecule has 3 fully saturated rings. The topological polar surface area (TPSA) is 46.6 Å². The molecule has 36 heavy (non-hydrogen) atoms. The third kappa shape index (κ3) is 4.03. The second-order valence-electron chi connectivity index (χ2n) is 12.1. The summed E-state index contributed by atoms with van der Waals surface area (Å²) < 4.78 is 12.0. The SMILES string of the molecule is c1ccc([C@]2(CCNC3CCC4c5c(cccc53)CCN4C3COC3)CCOC3(CCCC3)C2)nc1. The molecule has 1 spiro atoms. The van der Waals surface area contributed by atoms with Gasteiger partial charge >= 0.3 is 0 Å². The smallest absolute Gasteiger partial charge is 0.0691 e. The lowest BCUT2D eigenvalue weighted by atomic mass is 9.68. The lowest BCUT2D eigenvalue weighted by molar-refractivity contribution is -0.104. The molecule has 1 saturated carbocycles. The van der Waals surface area contributed by atoms with Crippen molar-refractivity contribution in [1.29, 1.82) is 0 Å². The zero-order valence-electron chi connectivity index (χ0n) is 21.6. The van der Waals surface area contributed by atoms with Crippen molar-refractivity contribution in [2.24, 2.45) is 0 Å². The van der Waals surface area contributed by atoms with Crippen molar-refractivity contribution in [1.82, 2.24) is 15.2 Å². The van der Waals surface area contributed by atoms with Gasteiger partial charge in [-0.25, -0.2) is 0 Å². The Bertz CT molecular complexity index is 1060. The predicted molar refractivity (Wildman–Crippen MR) is 141 cm³/mol. The van der Waals surface area contributed by atoms with Crippen LogP contribution in [0.4, 0.5) is 0 Å². The van der Waals surface area contributed by atoms with Gasteiger partial charge in [-0.3, -0.25) is 9.88 Å². The Morgan fingerprint density at radius 2 is 1.94 bits per heavy atom. The summed E-state index contributed by atoms with van der Waals surface area (Å²) in [5.41, 5.74) is 6.25. The highest BCUT2D eigenvalue weighted by molar-refractivity contribution is 5.43. The summed E-state index contributed by atoms with van der Waals surface area (Å²) >= 11 is 0. The van der Waals surface area contributed by atoms with E-state index in [1.165, 1.54) is 57.2 Å². The maximum Gasteiger partial charge on any atom is 0.0691 e. The molecule has 2 aliphatic carbocycles. The van der Waals surface area contributed by atoms with Crippen LogP contribution < -0.4 is 5.32 Å². The Balaban J connectivity index is 1.10. The first-order chi connectivity index (χ1) is 17.8. The van der Waals surface area contributed by atoms with Crippen LogP contribution in [0.3, 0.4) is 0 Å². The number of nitrogens with zero attached hydrogens (tertiary/aromatic N) is 2. The zero-order chi connectivity index (χ0) is 24.0. The van der Waals surface area contributed by atoms with Crippen LogP contribution in [0.2, 0.25) is 0 Å². The fourth-order valence-corrected chi connectivity index (χ4v) is 8.27. The molecule has 2 saturated heterocycles. The average molecular weight is 488 g/mol. The van der Waals surface area contributed by atoms with Crippen molar-refractivity contribution in [3.8, 4) is 0 Å². The monoisotopic (exact) mass is 487 g/mol. The molecule has 0 radical (unpaired) electrons. The van der Waals surface area contributed by atoms with E-state index in [-0.39, 0.29) is 11.0 Å². The summed E-state index contributed by atoms with van der Waals surface area (Å²) in [6.07, 6.45) is 14.0. The first-order valence-corrected chi connectivity index (χ1v) is 14.5. The fraction of sp³-hybridized carbons (Fsp3) is 0.645. The Labute approximate surface area is 216 Å². The highest BCUT2D eigenvalue weighted by Gasteiger charge is 2.48. The number of benzene rings is 1. The normalized spacial score (nSPS) is 31.8. The van der Waals surface area contributed by atoms with Crippen LogP contribution in [0.25, 0.3) is 0 Å². The van der Waals surface area contributed by atoms with Gasteiger partial charge in [0.15, 0.2) is 0 Å². The van der Waals surface area contributed by atoms with Crippen LogP contribution in [0.1, 0.15) is 92.3 Å². The zero-order valence-corrected chi connectivity index (χ0v) is 21.6. The number of aromatic nitrogens is 1. The van der Waals surface area contributed by atoms with Gasteiger partial charge in [0.05, 0.1) is 24.9 Å². The van der Waals surface area contributed by atoms with Gasteiger partial charge in [-0.1, -0.05) is 37.1 Å². The molecular weight excluding hydrogens is 446 g/mol. The van der Waals surface area contributed by atoms with E-state index in [0.717, 1.165) is 45.6 Å². The van der Waals surface area contributed by atoms with Gasteiger partial charge in [0.25, 0.3) is 0 Å². The minimum atomic E-state index is 0.0844. The Hall–Kier alpha value is -1.79. The molecule has 5 nitrogen and oxygen atoms in total. The van der Waals surface area contributed by atoms with Crippen LogP contribution >= 0.6 is 0 Å². The molecule has 0 amide bonds. The molecule has 192 valence electrons. The molecule has 2 aromatic rings. The van der Waals surface area contributed by atoms with Crippen LogP contribution in [-0.2, 0) is 21.3 Å². The third-order valence-electron chi connectivity index (χ3n) is 10.2. The van der Waals surface area contributed by atoms with Gasteiger partial charge in [-0.05, 0) is 86.7 Å². The van der Waals surface area contributed by atoms with Crippen molar-refractivity contribution in [2.75, 3.05) is 32.9 Å². The summed E-state index contributed by atoms with van der Waals surface area (Å²) in [6.45, 7) is 4.91. The summed E-state index contributed by atoms with van der Waals surface area (Å²) in [4.78, 5) is 7.66. The number of rotatable bonds is 6. The molecule has 3 atom stereocenters. The highest BCUT2D eigenvalue weighted by atomic mass is 16.5. The summed E-state index contributed by atoms with van der Waals surface area (Å²) in [5, 5.41) is 4.05. The number of hydrogen-bond acceptors (Lipinski definition) is 5. The average Bonchev–Trinajstić information content (AvgIpc) is 3.33. The Kier molecular flexibility index (Phi) is 6.16. The summed E-state index contributed by atoms with van der Waals surface area (Å²) in [5.74, 6) is 0. The molecule has 1 aromatic heterocycles. The van der Waals surface area contributed by atoms with Gasteiger partial charge < -0.3 is 14.8 Å². The first-order valence-electron chi connectivity index (χ1n) is 14.5. The second kappa shape index (κ2) is 9.50. The fourth-order valence-electron chi connectivity index (χ4n) is 8.27. The van der Waals surface area contributed by atoms with Crippen molar-refractivity contribution in [3.63, 3.8) is 0 Å². The van der Waals surface area contributed by atoms with E-state index in [2.05, 4.69) is 46.6 Å². The molecule has 4 heterocycles. The van der Waals surface area contributed by atoms with Gasteiger partial charge in [-0.2, -0.15) is 0 Å². The number of hydrogen-bond donors (Lipinski definition) is 1. The second-order valence-corrected chi connectivity index (χ2v) is 12.1. The van der Waals surface area contributed by atoms with E-state index in [4.69, 9.17) is 14.5 Å². The lowest BCUT2D eigenvalue weighted by Gasteiger charge is -2.49. The molecule has 7 rings (SSSR count). The number of ether oxygens (including phenoxy) is 2. The molecule has 1 N–H and O–H groups in total. The predicted octanol–water partition coefficient (Wildman–Crippen LogP) is 5.26. The Morgan fingerprint density at radius 1 is 1.03 bits per heavy atom. The van der Waals surface area contributed by atoms with E-state index in [1.54, 1.807) is 16.7 Å². The van der Waals surface area contributed by atoms with Crippen LogP contribution in [0, 0.1) is 0 Å². The molecule has 5 heteroatoms. The van der Waals surface area contributed by atoms with Crippen molar-refractivity contribution < 1.29 is 9.47 Å². The maximum atomic E-state index is 6.47. The molecular formula is C31H41N3O2. The van der Waals surface area contributed by atoms with Crippen molar-refractivity contribution in [3.05, 3.63) is 65.0 Å². The van der Waals surface area contributed by atoms with Crippen LogP contribution in [0.15, 0.2) is 42.6 Å².